The minimum absolute atomic E-state index is 0.0339. The molecule has 0 aliphatic carbocycles. The average Bonchev–Trinajstić information content (AvgIpc) is 2.29. The molecule has 1 aromatic carbocycles. The van der Waals surface area contributed by atoms with Crippen LogP contribution in [0.25, 0.3) is 0 Å². The molecule has 8 heteroatoms. The van der Waals surface area contributed by atoms with Crippen molar-refractivity contribution in [1.82, 2.24) is 5.32 Å². The largest absolute Gasteiger partial charge is 0.492 e. The maximum absolute atomic E-state index is 12.9. The molecule has 0 atom stereocenters. The maximum atomic E-state index is 12.9. The van der Waals surface area contributed by atoms with Crippen LogP contribution in [-0.2, 0) is 14.8 Å². The molecule has 0 aliphatic heterocycles. The smallest absolute Gasteiger partial charge is 0.241 e. The SMILES string of the molecule is CNC(=O)CCOc1ccc(F)cc1S(N)(=O)=O. The number of sulfonamides is 1. The van der Waals surface area contributed by atoms with Gasteiger partial charge in [0, 0.05) is 7.05 Å². The number of halogens is 1. The fraction of sp³-hybridized carbons (Fsp3) is 0.300. The molecule has 0 heterocycles. The highest BCUT2D eigenvalue weighted by Crippen LogP contribution is 2.23. The third kappa shape index (κ3) is 3.97. The Morgan fingerprint density at radius 1 is 1.50 bits per heavy atom. The van der Waals surface area contributed by atoms with Gasteiger partial charge in [-0.05, 0) is 18.2 Å². The van der Waals surface area contributed by atoms with Crippen LogP contribution in [0.15, 0.2) is 23.1 Å². The molecule has 0 fully saturated rings. The molecule has 0 spiro atoms. The van der Waals surface area contributed by atoms with Crippen LogP contribution in [0.1, 0.15) is 6.42 Å². The third-order valence-electron chi connectivity index (χ3n) is 2.08. The van der Waals surface area contributed by atoms with Crippen molar-refractivity contribution >= 4 is 15.9 Å². The monoisotopic (exact) mass is 276 g/mol. The first-order valence-corrected chi connectivity index (χ1v) is 6.55. The lowest BCUT2D eigenvalue weighted by Crippen LogP contribution is -2.20. The summed E-state index contributed by atoms with van der Waals surface area (Å²) in [4.78, 5) is 10.5. The lowest BCUT2D eigenvalue weighted by Gasteiger charge is -2.09. The van der Waals surface area contributed by atoms with Crippen LogP contribution < -0.4 is 15.2 Å². The summed E-state index contributed by atoms with van der Waals surface area (Å²) in [6, 6.07) is 2.97. The average molecular weight is 276 g/mol. The first kappa shape index (κ1) is 14.4. The maximum Gasteiger partial charge on any atom is 0.241 e. The molecule has 6 nitrogen and oxygen atoms in total. The van der Waals surface area contributed by atoms with E-state index < -0.39 is 20.7 Å². The molecular formula is C10H13FN2O4S. The van der Waals surface area contributed by atoms with Crippen LogP contribution in [0.4, 0.5) is 4.39 Å². The van der Waals surface area contributed by atoms with Gasteiger partial charge in [0.1, 0.15) is 16.5 Å². The molecule has 100 valence electrons. The second-order valence-electron chi connectivity index (χ2n) is 3.41. The first-order valence-electron chi connectivity index (χ1n) is 5.00. The molecule has 0 radical (unpaired) electrons. The Bertz CT molecular complexity index is 545. The van der Waals surface area contributed by atoms with Gasteiger partial charge < -0.3 is 10.1 Å². The zero-order valence-corrected chi connectivity index (χ0v) is 10.5. The van der Waals surface area contributed by atoms with Crippen LogP contribution in [0.2, 0.25) is 0 Å². The van der Waals surface area contributed by atoms with Crippen molar-refractivity contribution in [3.8, 4) is 5.75 Å². The number of primary sulfonamides is 1. The number of ether oxygens (including phenoxy) is 1. The molecule has 1 amide bonds. The highest BCUT2D eigenvalue weighted by atomic mass is 32.2. The van der Waals surface area contributed by atoms with Crippen molar-refractivity contribution in [2.45, 2.75) is 11.3 Å². The molecule has 0 saturated carbocycles. The summed E-state index contributed by atoms with van der Waals surface area (Å²) >= 11 is 0. The second-order valence-corrected chi connectivity index (χ2v) is 4.94. The summed E-state index contributed by atoms with van der Waals surface area (Å²) in [6.45, 7) is -0.0339. The number of hydrogen-bond acceptors (Lipinski definition) is 4. The van der Waals surface area contributed by atoms with Gasteiger partial charge in [-0.25, -0.2) is 17.9 Å². The van der Waals surface area contributed by atoms with E-state index in [4.69, 9.17) is 9.88 Å². The zero-order valence-electron chi connectivity index (χ0n) is 9.64. The summed E-state index contributed by atoms with van der Waals surface area (Å²) in [5.74, 6) is -1.07. The van der Waals surface area contributed by atoms with Gasteiger partial charge >= 0.3 is 0 Å². The Hall–Kier alpha value is -1.67. The fourth-order valence-corrected chi connectivity index (χ4v) is 1.89. The number of carbonyl (C=O) groups excluding carboxylic acids is 1. The van der Waals surface area contributed by atoms with Gasteiger partial charge in [-0.2, -0.15) is 0 Å². The van der Waals surface area contributed by atoms with Gasteiger partial charge in [0.25, 0.3) is 0 Å². The minimum Gasteiger partial charge on any atom is -0.492 e. The van der Waals surface area contributed by atoms with E-state index in [2.05, 4.69) is 5.32 Å². The number of nitrogens with two attached hydrogens (primary N) is 1. The van der Waals surface area contributed by atoms with Crippen LogP contribution >= 0.6 is 0 Å². The van der Waals surface area contributed by atoms with Gasteiger partial charge in [-0.1, -0.05) is 0 Å². The van der Waals surface area contributed by atoms with Gasteiger partial charge in [0.2, 0.25) is 15.9 Å². The van der Waals surface area contributed by atoms with E-state index in [0.717, 1.165) is 18.2 Å². The number of hydrogen-bond donors (Lipinski definition) is 2. The molecule has 1 rings (SSSR count). The molecule has 3 N–H and O–H groups in total. The summed E-state index contributed by atoms with van der Waals surface area (Å²) in [5, 5.41) is 7.31. The second kappa shape index (κ2) is 5.78. The summed E-state index contributed by atoms with van der Waals surface area (Å²) in [5.41, 5.74) is 0. The van der Waals surface area contributed by atoms with Crippen molar-refractivity contribution in [2.24, 2.45) is 5.14 Å². The zero-order chi connectivity index (χ0) is 13.8. The molecule has 18 heavy (non-hydrogen) atoms. The van der Waals surface area contributed by atoms with E-state index in [1.807, 2.05) is 0 Å². The molecule has 1 aromatic rings. The fourth-order valence-electron chi connectivity index (χ4n) is 1.20. The Balaban J connectivity index is 2.86. The lowest BCUT2D eigenvalue weighted by atomic mass is 10.3. The van der Waals surface area contributed by atoms with Crippen molar-refractivity contribution in [2.75, 3.05) is 13.7 Å². The summed E-state index contributed by atoms with van der Waals surface area (Å²) in [7, 11) is -2.61. The van der Waals surface area contributed by atoms with Gasteiger partial charge in [-0.15, -0.1) is 0 Å². The topological polar surface area (TPSA) is 98.5 Å². The number of nitrogens with one attached hydrogen (secondary N) is 1. The Morgan fingerprint density at radius 3 is 2.72 bits per heavy atom. The van der Waals surface area contributed by atoms with E-state index in [0.29, 0.717) is 0 Å². The van der Waals surface area contributed by atoms with Crippen molar-refractivity contribution in [1.29, 1.82) is 0 Å². The van der Waals surface area contributed by atoms with E-state index >= 15 is 0 Å². The quantitative estimate of drug-likeness (QED) is 0.790. The Morgan fingerprint density at radius 2 is 2.17 bits per heavy atom. The normalized spacial score (nSPS) is 11.1. The third-order valence-corrected chi connectivity index (χ3v) is 3.01. The molecule has 0 bridgehead atoms. The summed E-state index contributed by atoms with van der Waals surface area (Å²) < 4.78 is 40.5. The van der Waals surface area contributed by atoms with Crippen molar-refractivity contribution in [3.63, 3.8) is 0 Å². The first-order chi connectivity index (χ1) is 8.34. The number of amides is 1. The van der Waals surface area contributed by atoms with E-state index in [1.165, 1.54) is 7.05 Å². The predicted octanol–water partition coefficient (Wildman–Crippen LogP) is -0.0120. The predicted molar refractivity (Wildman–Crippen MR) is 62.0 cm³/mol. The van der Waals surface area contributed by atoms with Crippen molar-refractivity contribution < 1.29 is 22.3 Å². The molecule has 0 aromatic heterocycles. The lowest BCUT2D eigenvalue weighted by molar-refractivity contribution is -0.121. The molecular weight excluding hydrogens is 263 g/mol. The van der Waals surface area contributed by atoms with Crippen molar-refractivity contribution in [3.05, 3.63) is 24.0 Å². The number of benzene rings is 1. The highest BCUT2D eigenvalue weighted by molar-refractivity contribution is 7.89. The standard InChI is InChI=1S/C10H13FN2O4S/c1-13-10(14)4-5-17-8-3-2-7(11)6-9(8)18(12,15)16/h2-3,6H,4-5H2,1H3,(H,13,14)(H2,12,15,16). The van der Waals surface area contributed by atoms with Crippen LogP contribution in [0.5, 0.6) is 5.75 Å². The minimum atomic E-state index is -4.08. The molecule has 0 unspecified atom stereocenters. The highest BCUT2D eigenvalue weighted by Gasteiger charge is 2.16. The number of carbonyl (C=O) groups is 1. The van der Waals surface area contributed by atoms with Crippen LogP contribution in [-0.4, -0.2) is 28.0 Å². The number of rotatable bonds is 5. The van der Waals surface area contributed by atoms with Gasteiger partial charge in [0.05, 0.1) is 13.0 Å². The molecule has 0 saturated heterocycles. The van der Waals surface area contributed by atoms with E-state index in [1.54, 1.807) is 0 Å². The molecule has 0 aliphatic rings. The Kier molecular flexibility index (Phi) is 4.62. The van der Waals surface area contributed by atoms with Gasteiger partial charge in [-0.3, -0.25) is 4.79 Å². The van der Waals surface area contributed by atoms with Crippen LogP contribution in [0, 0.1) is 5.82 Å². The van der Waals surface area contributed by atoms with E-state index in [-0.39, 0.29) is 24.7 Å². The Labute approximate surface area is 104 Å². The van der Waals surface area contributed by atoms with Gasteiger partial charge in [0.15, 0.2) is 0 Å². The van der Waals surface area contributed by atoms with Crippen LogP contribution in [0.3, 0.4) is 0 Å². The summed E-state index contributed by atoms with van der Waals surface area (Å²) in [6.07, 6.45) is 0.0535. The van der Waals surface area contributed by atoms with E-state index in [9.17, 15) is 17.6 Å².